The average molecular weight is 471 g/mol. The van der Waals surface area contributed by atoms with Gasteiger partial charge in [-0.25, -0.2) is 0 Å². The van der Waals surface area contributed by atoms with E-state index >= 15 is 0 Å². The lowest BCUT2D eigenvalue weighted by Crippen LogP contribution is -3.06. The third-order valence-electron chi connectivity index (χ3n) is 5.89. The summed E-state index contributed by atoms with van der Waals surface area (Å²) in [6, 6.07) is 11.7. The van der Waals surface area contributed by atoms with Gasteiger partial charge in [-0.2, -0.15) is 0 Å². The molecule has 1 N–H and O–H groups in total. The van der Waals surface area contributed by atoms with Gasteiger partial charge in [-0.3, -0.25) is 9.59 Å². The number of rotatable bonds is 6. The van der Waals surface area contributed by atoms with Crippen molar-refractivity contribution in [2.45, 2.75) is 32.2 Å². The van der Waals surface area contributed by atoms with E-state index in [1.165, 1.54) is 18.1 Å². The lowest BCUT2D eigenvalue weighted by atomic mass is 9.85. The van der Waals surface area contributed by atoms with Crippen LogP contribution in [-0.4, -0.2) is 50.9 Å². The first-order chi connectivity index (χ1) is 15.5. The number of likely N-dealkylation sites (N-methyl/N-ethyl adjacent to an activating group) is 1. The molecule has 1 aliphatic heterocycles. The van der Waals surface area contributed by atoms with Crippen LogP contribution in [0.25, 0.3) is 5.76 Å². The van der Waals surface area contributed by atoms with Crippen molar-refractivity contribution in [3.8, 4) is 5.75 Å². The number of ether oxygens (including phenoxy) is 1. The number of carbonyl (C=O) groups excluding carboxylic acids is 2. The van der Waals surface area contributed by atoms with Crippen molar-refractivity contribution in [3.63, 3.8) is 0 Å². The summed E-state index contributed by atoms with van der Waals surface area (Å²) >= 11 is 6.22. The summed E-state index contributed by atoms with van der Waals surface area (Å²) in [7, 11) is 5.44. The smallest absolute Gasteiger partial charge is 0.295 e. The normalized spacial score (nSPS) is 18.3. The Balaban J connectivity index is 2.15. The zero-order valence-electron chi connectivity index (χ0n) is 20.0. The quantitative estimate of drug-likeness (QED) is 0.398. The van der Waals surface area contributed by atoms with Crippen LogP contribution in [0.2, 0.25) is 5.02 Å². The van der Waals surface area contributed by atoms with E-state index in [-0.39, 0.29) is 21.6 Å². The fraction of sp³-hybridized carbons (Fsp3) is 0.385. The molecule has 1 heterocycles. The van der Waals surface area contributed by atoms with E-state index in [2.05, 4.69) is 20.8 Å². The Morgan fingerprint density at radius 1 is 1.12 bits per heavy atom. The summed E-state index contributed by atoms with van der Waals surface area (Å²) in [5.41, 5.74) is 2.02. The van der Waals surface area contributed by atoms with Crippen LogP contribution in [0, 0.1) is 0 Å². The van der Waals surface area contributed by atoms with Gasteiger partial charge < -0.3 is 19.6 Å². The molecule has 1 aliphatic rings. The standard InChI is InChI=1S/C26H31ClN2O4/c1-26(2,3)18-10-7-16(8-11-18)22-21(24(31)25(32)29(22)14-13-28(4)5)23(30)17-9-12-20(33-6)19(27)15-17/h7-12,15,22,30H,13-14H2,1-6H3. The molecule has 1 fully saturated rings. The van der Waals surface area contributed by atoms with Crippen LogP contribution in [0.1, 0.15) is 43.5 Å². The first kappa shape index (κ1) is 24.8. The largest absolute Gasteiger partial charge is 0.872 e. The second-order valence-electron chi connectivity index (χ2n) is 9.65. The lowest BCUT2D eigenvalue weighted by molar-refractivity contribution is -0.857. The number of benzene rings is 2. The summed E-state index contributed by atoms with van der Waals surface area (Å²) in [5.74, 6) is -1.48. The highest BCUT2D eigenvalue weighted by Gasteiger charge is 2.44. The number of ketones is 1. The number of likely N-dealkylation sites (tertiary alicyclic amines) is 1. The number of methoxy groups -OCH3 is 1. The number of quaternary nitrogens is 1. The SMILES string of the molecule is COc1ccc(C([O-])=C2C(=O)C(=O)N(CC[NH+](C)C)C2c2ccc(C(C)(C)C)cc2)cc1Cl. The molecular weight excluding hydrogens is 440 g/mol. The van der Waals surface area contributed by atoms with Crippen LogP contribution in [0.3, 0.4) is 0 Å². The summed E-state index contributed by atoms with van der Waals surface area (Å²) in [4.78, 5) is 28.7. The zero-order valence-corrected chi connectivity index (χ0v) is 20.7. The Morgan fingerprint density at radius 3 is 2.27 bits per heavy atom. The minimum absolute atomic E-state index is 0.0431. The van der Waals surface area contributed by atoms with E-state index in [0.29, 0.717) is 18.8 Å². The minimum Gasteiger partial charge on any atom is -0.872 e. The number of nitrogens with one attached hydrogen (secondary N) is 1. The summed E-state index contributed by atoms with van der Waals surface area (Å²) in [6.07, 6.45) is 0. The van der Waals surface area contributed by atoms with Gasteiger partial charge in [-0.1, -0.05) is 68.5 Å². The van der Waals surface area contributed by atoms with E-state index < -0.39 is 23.5 Å². The third-order valence-corrected chi connectivity index (χ3v) is 6.18. The summed E-state index contributed by atoms with van der Waals surface area (Å²) in [6.45, 7) is 7.35. The van der Waals surface area contributed by atoms with Crippen molar-refractivity contribution in [1.29, 1.82) is 0 Å². The highest BCUT2D eigenvalue weighted by atomic mass is 35.5. The molecular formula is C26H31ClN2O4. The van der Waals surface area contributed by atoms with Crippen molar-refractivity contribution in [3.05, 3.63) is 69.8 Å². The maximum absolute atomic E-state index is 13.5. The van der Waals surface area contributed by atoms with Crippen molar-refractivity contribution < 1.29 is 24.3 Å². The van der Waals surface area contributed by atoms with E-state index in [4.69, 9.17) is 16.3 Å². The molecule has 0 bridgehead atoms. The molecule has 1 saturated heterocycles. The van der Waals surface area contributed by atoms with Gasteiger partial charge in [0.1, 0.15) is 5.75 Å². The number of hydrogen-bond acceptors (Lipinski definition) is 4. The molecule has 1 atom stereocenters. The Labute approximate surface area is 200 Å². The van der Waals surface area contributed by atoms with E-state index in [9.17, 15) is 14.7 Å². The molecule has 0 aromatic heterocycles. The maximum Gasteiger partial charge on any atom is 0.295 e. The number of Topliss-reactive ketones (excluding diaryl/α,β-unsaturated/α-hetero) is 1. The molecule has 2 aromatic rings. The van der Waals surface area contributed by atoms with Gasteiger partial charge in [-0.15, -0.1) is 0 Å². The second-order valence-corrected chi connectivity index (χ2v) is 10.1. The van der Waals surface area contributed by atoms with Crippen molar-refractivity contribution in [1.82, 2.24) is 4.90 Å². The zero-order chi connectivity index (χ0) is 24.5. The monoisotopic (exact) mass is 470 g/mol. The molecule has 1 amide bonds. The fourth-order valence-corrected chi connectivity index (χ4v) is 4.18. The molecule has 3 rings (SSSR count). The molecule has 0 aliphatic carbocycles. The van der Waals surface area contributed by atoms with E-state index in [0.717, 1.165) is 16.0 Å². The van der Waals surface area contributed by atoms with Crippen LogP contribution < -0.4 is 14.7 Å². The lowest BCUT2D eigenvalue weighted by Gasteiger charge is -2.28. The fourth-order valence-electron chi connectivity index (χ4n) is 3.92. The number of carbonyl (C=O) groups is 2. The molecule has 33 heavy (non-hydrogen) atoms. The number of amides is 1. The number of hydrogen-bond donors (Lipinski definition) is 1. The first-order valence-electron chi connectivity index (χ1n) is 11.0. The molecule has 0 radical (unpaired) electrons. The first-order valence-corrected chi connectivity index (χ1v) is 11.3. The molecule has 1 unspecified atom stereocenters. The molecule has 6 nitrogen and oxygen atoms in total. The van der Waals surface area contributed by atoms with Gasteiger partial charge in [-0.05, 0) is 34.2 Å². The number of nitrogens with zero attached hydrogens (tertiary/aromatic N) is 1. The van der Waals surface area contributed by atoms with Gasteiger partial charge in [0.2, 0.25) is 5.78 Å². The van der Waals surface area contributed by atoms with Gasteiger partial charge in [0, 0.05) is 5.57 Å². The highest BCUT2D eigenvalue weighted by molar-refractivity contribution is 6.46. The predicted octanol–water partition coefficient (Wildman–Crippen LogP) is 2.01. The van der Waals surface area contributed by atoms with Crippen LogP contribution >= 0.6 is 11.6 Å². The second kappa shape index (κ2) is 9.57. The molecule has 0 saturated carbocycles. The van der Waals surface area contributed by atoms with Crippen molar-refractivity contribution in [2.75, 3.05) is 34.3 Å². The van der Waals surface area contributed by atoms with Crippen LogP contribution in [-0.2, 0) is 15.0 Å². The Bertz CT molecular complexity index is 1080. The molecule has 0 spiro atoms. The van der Waals surface area contributed by atoms with Gasteiger partial charge in [0.15, 0.2) is 0 Å². The Morgan fingerprint density at radius 2 is 1.76 bits per heavy atom. The van der Waals surface area contributed by atoms with Crippen LogP contribution in [0.15, 0.2) is 48.0 Å². The van der Waals surface area contributed by atoms with Crippen LogP contribution in [0.5, 0.6) is 5.75 Å². The number of halogens is 1. The topological polar surface area (TPSA) is 74.1 Å². The summed E-state index contributed by atoms with van der Waals surface area (Å²) < 4.78 is 5.16. The van der Waals surface area contributed by atoms with Gasteiger partial charge >= 0.3 is 0 Å². The third kappa shape index (κ3) is 5.07. The molecule has 7 heteroatoms. The van der Waals surface area contributed by atoms with Gasteiger partial charge in [0.25, 0.3) is 5.91 Å². The van der Waals surface area contributed by atoms with Crippen molar-refractivity contribution in [2.24, 2.45) is 0 Å². The van der Waals surface area contributed by atoms with E-state index in [1.54, 1.807) is 12.1 Å². The van der Waals surface area contributed by atoms with Gasteiger partial charge in [0.05, 0.1) is 45.4 Å². The maximum atomic E-state index is 13.5. The Kier molecular flexibility index (Phi) is 7.20. The minimum atomic E-state index is -0.759. The molecule has 2 aromatic carbocycles. The van der Waals surface area contributed by atoms with Crippen molar-refractivity contribution >= 4 is 29.1 Å². The van der Waals surface area contributed by atoms with Crippen LogP contribution in [0.4, 0.5) is 0 Å². The predicted molar refractivity (Wildman–Crippen MR) is 127 cm³/mol. The van der Waals surface area contributed by atoms with E-state index in [1.807, 2.05) is 38.4 Å². The summed E-state index contributed by atoms with van der Waals surface area (Å²) in [5, 5.41) is 13.8. The average Bonchev–Trinajstić information content (AvgIpc) is 3.01. The Hall–Kier alpha value is -2.83. The molecule has 176 valence electrons. The highest BCUT2D eigenvalue weighted by Crippen LogP contribution is 2.39.